The van der Waals surface area contributed by atoms with E-state index in [-0.39, 0.29) is 11.4 Å². The Bertz CT molecular complexity index is 117. The molecule has 0 aromatic carbocycles. The van der Waals surface area contributed by atoms with Crippen LogP contribution < -0.4 is 5.32 Å². The first-order valence-corrected chi connectivity index (χ1v) is 4.85. The van der Waals surface area contributed by atoms with E-state index in [1.54, 1.807) is 0 Å². The van der Waals surface area contributed by atoms with Gasteiger partial charge in [-0.2, -0.15) is 0 Å². The predicted octanol–water partition coefficient (Wildman–Crippen LogP) is 1.73. The molecule has 1 amide bonds. The number of hydrogen-bond acceptors (Lipinski definition) is 1. The highest BCUT2D eigenvalue weighted by atomic mass is 127. The van der Waals surface area contributed by atoms with Gasteiger partial charge < -0.3 is 5.32 Å². The van der Waals surface area contributed by atoms with Gasteiger partial charge in [0.15, 0.2) is 0 Å². The van der Waals surface area contributed by atoms with Crippen LogP contribution in [0, 0.1) is 0 Å². The SMILES string of the molecule is CC(C)(C)NC(=O)CCI. The fourth-order valence-corrected chi connectivity index (χ4v) is 1.06. The van der Waals surface area contributed by atoms with Crippen molar-refractivity contribution in [2.24, 2.45) is 0 Å². The quantitative estimate of drug-likeness (QED) is 0.590. The maximum atomic E-state index is 10.9. The fourth-order valence-electron chi connectivity index (χ4n) is 0.567. The lowest BCUT2D eigenvalue weighted by Crippen LogP contribution is -2.40. The zero-order valence-corrected chi connectivity index (χ0v) is 8.86. The van der Waals surface area contributed by atoms with Crippen molar-refractivity contribution in [3.05, 3.63) is 0 Å². The molecule has 0 atom stereocenters. The lowest BCUT2D eigenvalue weighted by Gasteiger charge is -2.19. The Hall–Kier alpha value is 0.200. The summed E-state index contributed by atoms with van der Waals surface area (Å²) in [6, 6.07) is 0. The van der Waals surface area contributed by atoms with E-state index in [2.05, 4.69) is 27.9 Å². The Morgan fingerprint density at radius 1 is 1.50 bits per heavy atom. The third kappa shape index (κ3) is 6.32. The van der Waals surface area contributed by atoms with Crippen LogP contribution >= 0.6 is 22.6 Å². The van der Waals surface area contributed by atoms with Gasteiger partial charge in [0.2, 0.25) is 5.91 Å². The summed E-state index contributed by atoms with van der Waals surface area (Å²) in [6.07, 6.45) is 0.623. The largest absolute Gasteiger partial charge is 0.351 e. The predicted molar refractivity (Wildman–Crippen MR) is 51.4 cm³/mol. The van der Waals surface area contributed by atoms with Gasteiger partial charge in [0.1, 0.15) is 0 Å². The lowest BCUT2D eigenvalue weighted by molar-refractivity contribution is -0.122. The second-order valence-corrected chi connectivity index (χ2v) is 4.32. The normalized spacial score (nSPS) is 11.2. The maximum Gasteiger partial charge on any atom is 0.221 e. The van der Waals surface area contributed by atoms with Gasteiger partial charge in [0, 0.05) is 16.4 Å². The van der Waals surface area contributed by atoms with Gasteiger partial charge in [0.05, 0.1) is 0 Å². The summed E-state index contributed by atoms with van der Waals surface area (Å²) in [5.41, 5.74) is -0.0805. The van der Waals surface area contributed by atoms with Crippen molar-refractivity contribution in [3.63, 3.8) is 0 Å². The zero-order valence-electron chi connectivity index (χ0n) is 6.70. The van der Waals surface area contributed by atoms with Crippen molar-refractivity contribution >= 4 is 28.5 Å². The van der Waals surface area contributed by atoms with Gasteiger partial charge in [-0.25, -0.2) is 0 Å². The molecule has 0 aliphatic rings. The smallest absolute Gasteiger partial charge is 0.221 e. The summed E-state index contributed by atoms with van der Waals surface area (Å²) in [5, 5.41) is 2.88. The standard InChI is InChI=1S/C7H14INO/c1-7(2,3)9-6(10)4-5-8/h4-5H2,1-3H3,(H,9,10). The summed E-state index contributed by atoms with van der Waals surface area (Å²) in [7, 11) is 0. The number of hydrogen-bond donors (Lipinski definition) is 1. The Kier molecular flexibility index (Phi) is 4.24. The first-order valence-electron chi connectivity index (χ1n) is 3.32. The van der Waals surface area contributed by atoms with Crippen LogP contribution in [-0.2, 0) is 4.79 Å². The molecule has 0 aromatic rings. The van der Waals surface area contributed by atoms with E-state index in [9.17, 15) is 4.79 Å². The van der Waals surface area contributed by atoms with Gasteiger partial charge in [-0.05, 0) is 20.8 Å². The molecule has 0 fully saturated rings. The molecule has 0 aliphatic heterocycles. The van der Waals surface area contributed by atoms with E-state index in [1.165, 1.54) is 0 Å². The molecule has 0 spiro atoms. The van der Waals surface area contributed by atoms with Crippen LogP contribution in [0.2, 0.25) is 0 Å². The molecule has 0 aliphatic carbocycles. The number of carbonyl (C=O) groups is 1. The molecule has 2 nitrogen and oxygen atoms in total. The van der Waals surface area contributed by atoms with Crippen LogP contribution in [0.5, 0.6) is 0 Å². The van der Waals surface area contributed by atoms with Crippen LogP contribution in [0.15, 0.2) is 0 Å². The molecule has 1 N–H and O–H groups in total. The van der Waals surface area contributed by atoms with Gasteiger partial charge in [0.25, 0.3) is 0 Å². The average Bonchev–Trinajstić information content (AvgIpc) is 1.59. The van der Waals surface area contributed by atoms with Gasteiger partial charge in [-0.1, -0.05) is 22.6 Å². The summed E-state index contributed by atoms with van der Waals surface area (Å²) < 4.78 is 0.889. The highest BCUT2D eigenvalue weighted by Gasteiger charge is 2.12. The molecule has 10 heavy (non-hydrogen) atoms. The number of halogens is 1. The number of amides is 1. The zero-order chi connectivity index (χ0) is 8.20. The Morgan fingerprint density at radius 2 is 2.00 bits per heavy atom. The number of alkyl halides is 1. The highest BCUT2D eigenvalue weighted by molar-refractivity contribution is 14.1. The Labute approximate surface area is 75.9 Å². The first kappa shape index (κ1) is 10.2. The van der Waals surface area contributed by atoms with Crippen LogP contribution in [0.4, 0.5) is 0 Å². The van der Waals surface area contributed by atoms with E-state index in [0.717, 1.165) is 4.43 Å². The van der Waals surface area contributed by atoms with E-state index >= 15 is 0 Å². The third-order valence-corrected chi connectivity index (χ3v) is 1.38. The van der Waals surface area contributed by atoms with Crippen LogP contribution in [0.1, 0.15) is 27.2 Å². The van der Waals surface area contributed by atoms with Crippen molar-refractivity contribution in [2.45, 2.75) is 32.7 Å². The molecule has 0 unspecified atom stereocenters. The summed E-state index contributed by atoms with van der Waals surface area (Å²) in [4.78, 5) is 10.9. The van der Waals surface area contributed by atoms with Gasteiger partial charge in [-0.15, -0.1) is 0 Å². The van der Waals surface area contributed by atoms with Crippen molar-refractivity contribution in [2.75, 3.05) is 4.43 Å². The minimum atomic E-state index is -0.0805. The fraction of sp³-hybridized carbons (Fsp3) is 0.857. The molecular weight excluding hydrogens is 241 g/mol. The molecule has 0 saturated carbocycles. The van der Waals surface area contributed by atoms with Crippen molar-refractivity contribution < 1.29 is 4.79 Å². The van der Waals surface area contributed by atoms with Crippen molar-refractivity contribution in [3.8, 4) is 0 Å². The first-order chi connectivity index (χ1) is 4.45. The number of carbonyl (C=O) groups excluding carboxylic acids is 1. The van der Waals surface area contributed by atoms with Gasteiger partial charge >= 0.3 is 0 Å². The summed E-state index contributed by atoms with van der Waals surface area (Å²) >= 11 is 2.19. The topological polar surface area (TPSA) is 29.1 Å². The minimum absolute atomic E-state index is 0.0805. The van der Waals surface area contributed by atoms with Crippen molar-refractivity contribution in [1.82, 2.24) is 5.32 Å². The lowest BCUT2D eigenvalue weighted by atomic mass is 10.1. The monoisotopic (exact) mass is 255 g/mol. The Morgan fingerprint density at radius 3 is 2.30 bits per heavy atom. The van der Waals surface area contributed by atoms with Crippen LogP contribution in [0.25, 0.3) is 0 Å². The molecule has 60 valence electrons. The number of rotatable bonds is 2. The van der Waals surface area contributed by atoms with E-state index in [1.807, 2.05) is 20.8 Å². The van der Waals surface area contributed by atoms with Crippen molar-refractivity contribution in [1.29, 1.82) is 0 Å². The van der Waals surface area contributed by atoms with Crippen LogP contribution in [-0.4, -0.2) is 15.9 Å². The molecule has 0 rings (SSSR count). The Balaban J connectivity index is 3.58. The second kappa shape index (κ2) is 4.16. The molecule has 0 heterocycles. The average molecular weight is 255 g/mol. The minimum Gasteiger partial charge on any atom is -0.351 e. The van der Waals surface area contributed by atoms with E-state index in [4.69, 9.17) is 0 Å². The molecule has 0 aromatic heterocycles. The molecule has 0 saturated heterocycles. The molecule has 0 radical (unpaired) electrons. The van der Waals surface area contributed by atoms with E-state index < -0.39 is 0 Å². The number of nitrogens with one attached hydrogen (secondary N) is 1. The summed E-state index contributed by atoms with van der Waals surface area (Å²) in [5.74, 6) is 0.141. The molecular formula is C7H14INO. The van der Waals surface area contributed by atoms with E-state index in [0.29, 0.717) is 6.42 Å². The maximum absolute atomic E-state index is 10.9. The molecule has 3 heteroatoms. The summed E-state index contributed by atoms with van der Waals surface area (Å²) in [6.45, 7) is 5.95. The second-order valence-electron chi connectivity index (χ2n) is 3.24. The van der Waals surface area contributed by atoms with Crippen LogP contribution in [0.3, 0.4) is 0 Å². The van der Waals surface area contributed by atoms with Gasteiger partial charge in [-0.3, -0.25) is 4.79 Å². The molecule has 0 bridgehead atoms. The third-order valence-electron chi connectivity index (χ3n) is 0.836. The highest BCUT2D eigenvalue weighted by Crippen LogP contribution is 1.99.